The van der Waals surface area contributed by atoms with Crippen molar-refractivity contribution in [1.29, 1.82) is 0 Å². The first-order chi connectivity index (χ1) is 5.29. The first kappa shape index (κ1) is 10.8. The van der Waals surface area contributed by atoms with Gasteiger partial charge < -0.3 is 24.4 Å². The van der Waals surface area contributed by atoms with Gasteiger partial charge in [-0.1, -0.05) is 0 Å². The molecular weight excluding hydrogens is 152 g/mol. The molecule has 2 aliphatic rings. The molecule has 0 saturated carbocycles. The third-order valence-electron chi connectivity index (χ3n) is 0.705. The Kier molecular flexibility index (Phi) is 6.39. The molecular formula is C6H14O5. The molecule has 2 aliphatic heterocycles. The normalized spacial score (nSPS) is 28.4. The molecule has 68 valence electrons. The summed E-state index contributed by atoms with van der Waals surface area (Å²) < 4.78 is 13.4. The van der Waals surface area contributed by atoms with E-state index in [2.05, 4.69) is 14.2 Å². The van der Waals surface area contributed by atoms with Crippen LogP contribution in [0.5, 0.6) is 0 Å². The Morgan fingerprint density at radius 1 is 1.09 bits per heavy atom. The number of ether oxygens (including phenoxy) is 3. The molecule has 2 heterocycles. The maximum atomic E-state index is 7.62. The van der Waals surface area contributed by atoms with Gasteiger partial charge in [0.15, 0.2) is 0 Å². The van der Waals surface area contributed by atoms with Gasteiger partial charge in [0.05, 0.1) is 13.2 Å². The van der Waals surface area contributed by atoms with Crippen LogP contribution in [-0.2, 0) is 14.2 Å². The molecule has 0 radical (unpaired) electrons. The molecule has 0 spiro atoms. The zero-order chi connectivity index (χ0) is 8.69. The highest BCUT2D eigenvalue weighted by Gasteiger charge is 2.59. The lowest BCUT2D eigenvalue weighted by molar-refractivity contribution is 0.0108. The third-order valence-corrected chi connectivity index (χ3v) is 0.705. The van der Waals surface area contributed by atoms with Gasteiger partial charge in [0, 0.05) is 14.2 Å². The van der Waals surface area contributed by atoms with Gasteiger partial charge in [-0.05, 0) is 0 Å². The Bertz CT molecular complexity index is 73.0. The number of epoxide rings is 2. The zero-order valence-electron chi connectivity index (χ0n) is 6.69. The van der Waals surface area contributed by atoms with Crippen LogP contribution in [0.2, 0.25) is 0 Å². The van der Waals surface area contributed by atoms with Crippen LogP contribution in [0.3, 0.4) is 0 Å². The minimum atomic E-state index is -0.125. The highest BCUT2D eigenvalue weighted by Crippen LogP contribution is 2.41. The average molecular weight is 166 g/mol. The Morgan fingerprint density at radius 2 is 1.27 bits per heavy atom. The zero-order valence-corrected chi connectivity index (χ0v) is 6.69. The SMILES string of the molecule is COC.O1C2OC12.OCCO. The molecule has 0 bridgehead atoms. The summed E-state index contributed by atoms with van der Waals surface area (Å²) in [4.78, 5) is 0. The summed E-state index contributed by atoms with van der Waals surface area (Å²) in [6, 6.07) is 0. The fourth-order valence-electron chi connectivity index (χ4n) is 0.184. The monoisotopic (exact) mass is 166 g/mol. The molecule has 2 N–H and O–H groups in total. The highest BCUT2D eigenvalue weighted by molar-refractivity contribution is 4.81. The van der Waals surface area contributed by atoms with E-state index < -0.39 is 0 Å². The lowest BCUT2D eigenvalue weighted by Crippen LogP contribution is -1.85. The van der Waals surface area contributed by atoms with Crippen LogP contribution < -0.4 is 0 Å². The van der Waals surface area contributed by atoms with Crippen molar-refractivity contribution in [2.24, 2.45) is 0 Å². The number of hydrogen-bond acceptors (Lipinski definition) is 5. The molecule has 5 nitrogen and oxygen atoms in total. The number of aliphatic hydroxyl groups is 2. The summed E-state index contributed by atoms with van der Waals surface area (Å²) >= 11 is 0. The molecule has 0 atom stereocenters. The number of rotatable bonds is 1. The van der Waals surface area contributed by atoms with Crippen LogP contribution in [0.15, 0.2) is 0 Å². The van der Waals surface area contributed by atoms with E-state index in [1.807, 2.05) is 0 Å². The van der Waals surface area contributed by atoms with Crippen molar-refractivity contribution in [1.82, 2.24) is 0 Å². The molecule has 0 aromatic carbocycles. The molecule has 5 heteroatoms. The van der Waals surface area contributed by atoms with Crippen LogP contribution in [0.25, 0.3) is 0 Å². The van der Waals surface area contributed by atoms with Gasteiger partial charge in [0.25, 0.3) is 0 Å². The number of aliphatic hydroxyl groups excluding tert-OH is 2. The summed E-state index contributed by atoms with van der Waals surface area (Å²) in [6.45, 7) is -0.250. The molecule has 0 aromatic heterocycles. The van der Waals surface area contributed by atoms with Crippen LogP contribution >= 0.6 is 0 Å². The van der Waals surface area contributed by atoms with Crippen molar-refractivity contribution in [2.75, 3.05) is 27.4 Å². The topological polar surface area (TPSA) is 74.8 Å². The van der Waals surface area contributed by atoms with Gasteiger partial charge in [-0.15, -0.1) is 0 Å². The van der Waals surface area contributed by atoms with Gasteiger partial charge in [-0.2, -0.15) is 0 Å². The molecule has 0 unspecified atom stereocenters. The van der Waals surface area contributed by atoms with Crippen molar-refractivity contribution in [3.05, 3.63) is 0 Å². The van der Waals surface area contributed by atoms with E-state index in [-0.39, 0.29) is 25.8 Å². The number of fused-ring (bicyclic) bond motifs is 1. The van der Waals surface area contributed by atoms with Crippen molar-refractivity contribution in [2.45, 2.75) is 12.6 Å². The summed E-state index contributed by atoms with van der Waals surface area (Å²) in [6.07, 6.45) is 0.500. The molecule has 2 fully saturated rings. The van der Waals surface area contributed by atoms with Gasteiger partial charge >= 0.3 is 0 Å². The molecule has 0 aromatic rings. The lowest BCUT2D eigenvalue weighted by atomic mass is 10.8. The minimum absolute atomic E-state index is 0.125. The van der Waals surface area contributed by atoms with Crippen LogP contribution in [0, 0.1) is 0 Å². The standard InChI is InChI=1S/C2H2O2.C2H6O2.C2H6O/c3-1-2(3)4-1;3-1-2-4;1-3-2/h1-2H;3-4H,1-2H2;1-2H3. The van der Waals surface area contributed by atoms with Crippen LogP contribution in [-0.4, -0.2) is 50.2 Å². The van der Waals surface area contributed by atoms with Crippen molar-refractivity contribution in [3.8, 4) is 0 Å². The van der Waals surface area contributed by atoms with Gasteiger partial charge in [-0.3, -0.25) is 0 Å². The number of methoxy groups -OCH3 is 1. The first-order valence-corrected chi connectivity index (χ1v) is 3.23. The maximum absolute atomic E-state index is 7.62. The smallest absolute Gasteiger partial charge is 0.215 e. The predicted molar refractivity (Wildman–Crippen MR) is 36.9 cm³/mol. The lowest BCUT2D eigenvalue weighted by Gasteiger charge is -1.70. The van der Waals surface area contributed by atoms with E-state index in [0.29, 0.717) is 0 Å². The van der Waals surface area contributed by atoms with Crippen molar-refractivity contribution >= 4 is 0 Å². The largest absolute Gasteiger partial charge is 0.394 e. The van der Waals surface area contributed by atoms with E-state index in [9.17, 15) is 0 Å². The Labute approximate surface area is 65.5 Å². The second kappa shape index (κ2) is 6.51. The van der Waals surface area contributed by atoms with E-state index in [0.717, 1.165) is 0 Å². The molecule has 11 heavy (non-hydrogen) atoms. The molecule has 2 saturated heterocycles. The van der Waals surface area contributed by atoms with E-state index >= 15 is 0 Å². The number of hydrogen-bond donors (Lipinski definition) is 2. The Morgan fingerprint density at radius 3 is 1.27 bits per heavy atom. The van der Waals surface area contributed by atoms with E-state index in [1.54, 1.807) is 14.2 Å². The van der Waals surface area contributed by atoms with Crippen molar-refractivity contribution < 1.29 is 24.4 Å². The van der Waals surface area contributed by atoms with Gasteiger partial charge in [0.1, 0.15) is 0 Å². The first-order valence-electron chi connectivity index (χ1n) is 3.23. The quantitative estimate of drug-likeness (QED) is 0.485. The van der Waals surface area contributed by atoms with E-state index in [4.69, 9.17) is 10.2 Å². The molecule has 2 rings (SSSR count). The maximum Gasteiger partial charge on any atom is 0.215 e. The average Bonchev–Trinajstić information content (AvgIpc) is 2.75. The summed E-state index contributed by atoms with van der Waals surface area (Å²) in [5.74, 6) is 0. The van der Waals surface area contributed by atoms with E-state index in [1.165, 1.54) is 0 Å². The fourth-order valence-corrected chi connectivity index (χ4v) is 0.184. The van der Waals surface area contributed by atoms with Gasteiger partial charge in [0.2, 0.25) is 12.6 Å². The highest BCUT2D eigenvalue weighted by atomic mass is 17.0. The van der Waals surface area contributed by atoms with Crippen molar-refractivity contribution in [3.63, 3.8) is 0 Å². The Hall–Kier alpha value is -0.200. The molecule has 0 aliphatic carbocycles. The summed E-state index contributed by atoms with van der Waals surface area (Å²) in [5.41, 5.74) is 0. The summed E-state index contributed by atoms with van der Waals surface area (Å²) in [5, 5.41) is 15.2. The second-order valence-electron chi connectivity index (χ2n) is 1.86. The van der Waals surface area contributed by atoms with Crippen LogP contribution in [0.4, 0.5) is 0 Å². The van der Waals surface area contributed by atoms with Gasteiger partial charge in [-0.25, -0.2) is 0 Å². The van der Waals surface area contributed by atoms with Crippen LogP contribution in [0.1, 0.15) is 0 Å². The summed E-state index contributed by atoms with van der Waals surface area (Å²) in [7, 11) is 3.25. The molecule has 0 amide bonds. The Balaban J connectivity index is 0.000000139. The predicted octanol–water partition coefficient (Wildman–Crippen LogP) is -1.07. The fraction of sp³-hybridized carbons (Fsp3) is 1.00. The third kappa shape index (κ3) is 7.70. The minimum Gasteiger partial charge on any atom is -0.394 e. The second-order valence-corrected chi connectivity index (χ2v) is 1.86.